The summed E-state index contributed by atoms with van der Waals surface area (Å²) in [4.78, 5) is 14.1. The van der Waals surface area contributed by atoms with Crippen molar-refractivity contribution in [2.45, 2.75) is 50.1 Å². The number of sulfonamides is 1. The van der Waals surface area contributed by atoms with E-state index < -0.39 is 10.0 Å². The Hall–Kier alpha value is -2.45. The summed E-state index contributed by atoms with van der Waals surface area (Å²) in [6, 6.07) is 12.6. The third kappa shape index (κ3) is 4.45. The largest absolute Gasteiger partial charge is 0.356 e. The molecular weight excluding hydrogens is 410 g/mol. The van der Waals surface area contributed by atoms with Crippen LogP contribution in [0.15, 0.2) is 48.9 Å². The minimum absolute atomic E-state index is 0.0522. The number of H-pyrrole nitrogens is 1. The van der Waals surface area contributed by atoms with Gasteiger partial charge in [-0.2, -0.15) is 0 Å². The predicted octanol–water partition coefficient (Wildman–Crippen LogP) is 3.43. The van der Waals surface area contributed by atoms with Crippen molar-refractivity contribution in [3.05, 3.63) is 54.5 Å². The van der Waals surface area contributed by atoms with E-state index in [0.29, 0.717) is 12.0 Å². The van der Waals surface area contributed by atoms with E-state index in [1.54, 1.807) is 6.33 Å². The Bertz CT molecular complexity index is 1140. The van der Waals surface area contributed by atoms with Crippen LogP contribution < -0.4 is 9.62 Å². The van der Waals surface area contributed by atoms with Crippen LogP contribution >= 0.6 is 0 Å². The van der Waals surface area contributed by atoms with Crippen LogP contribution in [0.1, 0.15) is 43.6 Å². The number of rotatable bonds is 7. The minimum Gasteiger partial charge on any atom is -0.356 e. The summed E-state index contributed by atoms with van der Waals surface area (Å²) in [7, 11) is -1.18. The first-order valence-corrected chi connectivity index (χ1v) is 12.7. The molecule has 7 nitrogen and oxygen atoms in total. The highest BCUT2D eigenvalue weighted by Crippen LogP contribution is 2.41. The number of nitrogens with zero attached hydrogens (tertiary/aromatic N) is 3. The first-order chi connectivity index (χ1) is 15.0. The summed E-state index contributed by atoms with van der Waals surface area (Å²) in [5.74, 6) is 1.70. The van der Waals surface area contributed by atoms with Gasteiger partial charge in [0.15, 0.2) is 0 Å². The fourth-order valence-electron chi connectivity index (χ4n) is 4.99. The van der Waals surface area contributed by atoms with Gasteiger partial charge in [-0.3, -0.25) is 0 Å². The minimum atomic E-state index is -3.26. The summed E-state index contributed by atoms with van der Waals surface area (Å²) in [5.41, 5.74) is 2.07. The fraction of sp³-hybridized carbons (Fsp3) is 0.478. The van der Waals surface area contributed by atoms with Gasteiger partial charge in [-0.1, -0.05) is 30.3 Å². The zero-order chi connectivity index (χ0) is 21.4. The molecule has 0 spiro atoms. The average Bonchev–Trinajstić information content (AvgIpc) is 3.35. The maximum absolute atomic E-state index is 12.7. The Morgan fingerprint density at radius 1 is 1.10 bits per heavy atom. The van der Waals surface area contributed by atoms with Gasteiger partial charge in [0.25, 0.3) is 0 Å². The molecule has 0 amide bonds. The molecule has 0 bridgehead atoms. The zero-order valence-electron chi connectivity index (χ0n) is 17.7. The summed E-state index contributed by atoms with van der Waals surface area (Å²) < 4.78 is 28.4. The van der Waals surface area contributed by atoms with E-state index in [9.17, 15) is 8.42 Å². The van der Waals surface area contributed by atoms with Crippen LogP contribution in [0.4, 0.5) is 5.82 Å². The topological polar surface area (TPSA) is 91.0 Å². The Kier molecular flexibility index (Phi) is 5.44. The number of hydrogen-bond acceptors (Lipinski definition) is 5. The summed E-state index contributed by atoms with van der Waals surface area (Å²) in [5, 5.41) is 1.02. The first kappa shape index (κ1) is 20.5. The molecule has 0 radical (unpaired) electrons. The van der Waals surface area contributed by atoms with Gasteiger partial charge in [0, 0.05) is 31.2 Å². The summed E-state index contributed by atoms with van der Waals surface area (Å²) >= 11 is 0. The molecular formula is C23H29N5O2S. The maximum atomic E-state index is 12.7. The average molecular weight is 440 g/mol. The van der Waals surface area contributed by atoms with E-state index >= 15 is 0 Å². The van der Waals surface area contributed by atoms with Crippen LogP contribution in [-0.2, 0) is 10.0 Å². The van der Waals surface area contributed by atoms with Gasteiger partial charge >= 0.3 is 0 Å². The monoisotopic (exact) mass is 439 g/mol. The van der Waals surface area contributed by atoms with Gasteiger partial charge in [0.1, 0.15) is 17.8 Å². The van der Waals surface area contributed by atoms with Crippen molar-refractivity contribution in [3.63, 3.8) is 0 Å². The Balaban J connectivity index is 1.14. The van der Waals surface area contributed by atoms with Crippen molar-refractivity contribution in [2.24, 2.45) is 5.92 Å². The lowest BCUT2D eigenvalue weighted by atomic mass is 9.86. The second-order valence-corrected chi connectivity index (χ2v) is 10.8. The molecule has 2 aliphatic rings. The van der Waals surface area contributed by atoms with Gasteiger partial charge in [0.2, 0.25) is 10.0 Å². The molecule has 2 heterocycles. The number of aromatic amines is 1. The zero-order valence-corrected chi connectivity index (χ0v) is 18.6. The number of hydrogen-bond donors (Lipinski definition) is 2. The summed E-state index contributed by atoms with van der Waals surface area (Å²) in [6.45, 7) is 0. The van der Waals surface area contributed by atoms with E-state index in [0.717, 1.165) is 49.0 Å². The summed E-state index contributed by atoms with van der Waals surface area (Å²) in [6.07, 6.45) is 8.16. The molecule has 2 fully saturated rings. The van der Waals surface area contributed by atoms with Crippen molar-refractivity contribution in [3.8, 4) is 0 Å². The highest BCUT2D eigenvalue weighted by Gasteiger charge is 2.41. The molecule has 2 atom stereocenters. The second kappa shape index (κ2) is 8.24. The number of aromatic nitrogens is 3. The number of anilines is 1. The molecule has 2 saturated carbocycles. The predicted molar refractivity (Wildman–Crippen MR) is 123 cm³/mol. The van der Waals surface area contributed by atoms with Crippen LogP contribution in [0.25, 0.3) is 11.0 Å². The van der Waals surface area contributed by atoms with Crippen molar-refractivity contribution in [2.75, 3.05) is 17.7 Å². The Morgan fingerprint density at radius 2 is 1.87 bits per heavy atom. The smallest absolute Gasteiger partial charge is 0.212 e. The van der Waals surface area contributed by atoms with Crippen LogP contribution in [0.2, 0.25) is 0 Å². The molecule has 2 N–H and O–H groups in total. The molecule has 31 heavy (non-hydrogen) atoms. The lowest BCUT2D eigenvalue weighted by molar-refractivity contribution is 0.340. The first-order valence-electron chi connectivity index (χ1n) is 11.1. The van der Waals surface area contributed by atoms with Gasteiger partial charge in [0.05, 0.1) is 11.1 Å². The molecule has 164 valence electrons. The molecule has 5 rings (SSSR count). The lowest BCUT2D eigenvalue weighted by Gasteiger charge is -2.35. The quantitative estimate of drug-likeness (QED) is 0.589. The fourth-order valence-corrected chi connectivity index (χ4v) is 6.77. The van der Waals surface area contributed by atoms with Crippen LogP contribution in [-0.4, -0.2) is 48.3 Å². The SMILES string of the molecule is CN(c1ncnc2[nH]ccc12)C1CCC(CS(=O)(=O)N[C@H]2C[C@@H]2c2ccccc2)CC1. The third-order valence-electron chi connectivity index (χ3n) is 6.84. The van der Waals surface area contributed by atoms with Gasteiger partial charge in [-0.25, -0.2) is 23.1 Å². The van der Waals surface area contributed by atoms with E-state index in [4.69, 9.17) is 0 Å². The highest BCUT2D eigenvalue weighted by atomic mass is 32.2. The molecule has 2 aliphatic carbocycles. The van der Waals surface area contributed by atoms with E-state index in [1.807, 2.05) is 30.5 Å². The van der Waals surface area contributed by atoms with Crippen LogP contribution in [0.5, 0.6) is 0 Å². The van der Waals surface area contributed by atoms with Crippen molar-refractivity contribution >= 4 is 26.9 Å². The lowest BCUT2D eigenvalue weighted by Crippen LogP contribution is -2.38. The van der Waals surface area contributed by atoms with E-state index in [2.05, 4.69) is 43.8 Å². The van der Waals surface area contributed by atoms with Crippen LogP contribution in [0, 0.1) is 5.92 Å². The van der Waals surface area contributed by atoms with E-state index in [1.165, 1.54) is 5.56 Å². The van der Waals surface area contributed by atoms with E-state index in [-0.39, 0.29) is 17.7 Å². The molecule has 0 aliphatic heterocycles. The number of nitrogens with one attached hydrogen (secondary N) is 2. The normalized spacial score (nSPS) is 26.1. The number of benzene rings is 1. The van der Waals surface area contributed by atoms with Crippen molar-refractivity contribution in [1.82, 2.24) is 19.7 Å². The molecule has 3 aromatic rings. The Labute approximate surface area is 183 Å². The second-order valence-electron chi connectivity index (χ2n) is 8.98. The highest BCUT2D eigenvalue weighted by molar-refractivity contribution is 7.89. The van der Waals surface area contributed by atoms with Crippen LogP contribution in [0.3, 0.4) is 0 Å². The van der Waals surface area contributed by atoms with Gasteiger partial charge in [-0.05, 0) is 49.7 Å². The molecule has 2 aromatic heterocycles. The molecule has 0 unspecified atom stereocenters. The molecule has 1 aromatic carbocycles. The van der Waals surface area contributed by atoms with Crippen molar-refractivity contribution < 1.29 is 8.42 Å². The standard InChI is InChI=1S/C23H29N5O2S/c1-28(23-19-11-12-24-22(19)25-15-26-23)18-9-7-16(8-10-18)14-31(29,30)27-21-13-20(21)17-5-3-2-4-6-17/h2-6,11-12,15-16,18,20-21,27H,7-10,13-14H2,1H3,(H,24,25,26)/t16?,18?,20-,21+/m1/s1. The Morgan fingerprint density at radius 3 is 2.65 bits per heavy atom. The molecule has 8 heteroatoms. The van der Waals surface area contributed by atoms with Gasteiger partial charge < -0.3 is 9.88 Å². The maximum Gasteiger partial charge on any atom is 0.212 e. The number of fused-ring (bicyclic) bond motifs is 1. The van der Waals surface area contributed by atoms with Crippen molar-refractivity contribution in [1.29, 1.82) is 0 Å². The molecule has 0 saturated heterocycles. The van der Waals surface area contributed by atoms with Gasteiger partial charge in [-0.15, -0.1) is 0 Å². The third-order valence-corrected chi connectivity index (χ3v) is 8.41.